The minimum absolute atomic E-state index is 0.345. The molecule has 2 unspecified atom stereocenters. The number of allylic oxidation sites excluding steroid dienone is 1. The van der Waals surface area contributed by atoms with E-state index in [1.165, 1.54) is 34.8 Å². The molecular weight excluding hydrogens is 428 g/mol. The fraction of sp³-hybridized carbons (Fsp3) is 0.526. The van der Waals surface area contributed by atoms with Gasteiger partial charge < -0.3 is 5.32 Å². The molecule has 1 aromatic carbocycles. The van der Waals surface area contributed by atoms with Crippen LogP contribution < -0.4 is 10.0 Å². The number of carbonyl (C=O) groups is 1. The molecule has 158 valence electrons. The molecule has 0 aromatic heterocycles. The van der Waals surface area contributed by atoms with Gasteiger partial charge in [0.2, 0.25) is 0 Å². The maximum Gasteiger partial charge on any atom is 0.331 e. The Balaban J connectivity index is 1.48. The van der Waals surface area contributed by atoms with Gasteiger partial charge in [0, 0.05) is 27.9 Å². The lowest BCUT2D eigenvalue weighted by Gasteiger charge is -2.19. The predicted octanol–water partition coefficient (Wildman–Crippen LogP) is 3.78. The third kappa shape index (κ3) is 4.49. The molecule has 1 aliphatic heterocycles. The fourth-order valence-corrected chi connectivity index (χ4v) is 7.90. The highest BCUT2D eigenvalue weighted by Gasteiger charge is 2.31. The Hall–Kier alpha value is -1.52. The molecule has 0 fully saturated rings. The van der Waals surface area contributed by atoms with Gasteiger partial charge in [-0.15, -0.1) is 0 Å². The van der Waals surface area contributed by atoms with Crippen LogP contribution in [0.2, 0.25) is 0 Å². The highest BCUT2D eigenvalue weighted by atomic mass is 32.3. The van der Waals surface area contributed by atoms with E-state index < -0.39 is 30.3 Å². The maximum atomic E-state index is 12.9. The number of hydrogen-bond donors (Lipinski definition) is 3. The average molecular weight is 455 g/mol. The number of aryl methyl sites for hydroxylation is 2. The fourth-order valence-electron chi connectivity index (χ4n) is 4.22. The second-order valence-electron chi connectivity index (χ2n) is 7.99. The van der Waals surface area contributed by atoms with Gasteiger partial charge in [-0.25, -0.2) is 22.7 Å². The lowest BCUT2D eigenvalue weighted by molar-refractivity contribution is 0.256. The first-order valence-corrected chi connectivity index (χ1v) is 14.5. The Bertz CT molecular complexity index is 1090. The van der Waals surface area contributed by atoms with Crippen molar-refractivity contribution >= 4 is 43.1 Å². The molecule has 10 heteroatoms. The van der Waals surface area contributed by atoms with Gasteiger partial charge in [-0.05, 0) is 73.3 Å². The van der Waals surface area contributed by atoms with Crippen LogP contribution >= 0.6 is 11.8 Å². The predicted molar refractivity (Wildman–Crippen MR) is 120 cm³/mol. The number of benzene rings is 1. The SMILES string of the molecule is CS(C)(=O)=NC1=CCC(S(=N)(=O)NC(=O)Nc2c3c(cc4c2CCC4)CCC3)S1. The number of nitrogens with zero attached hydrogens (tertiary/aromatic N) is 1. The third-order valence-corrected chi connectivity index (χ3v) is 9.60. The normalized spacial score (nSPS) is 22.4. The van der Waals surface area contributed by atoms with Gasteiger partial charge in [-0.3, -0.25) is 0 Å². The molecule has 2 amide bonds. The third-order valence-electron chi connectivity index (χ3n) is 5.37. The second-order valence-corrected chi connectivity index (χ2v) is 14.0. The van der Waals surface area contributed by atoms with E-state index in [0.717, 1.165) is 56.0 Å². The summed E-state index contributed by atoms with van der Waals surface area (Å²) in [4.78, 5) is 12.7. The van der Waals surface area contributed by atoms with Crippen LogP contribution in [0.1, 0.15) is 41.5 Å². The molecule has 0 saturated carbocycles. The summed E-state index contributed by atoms with van der Waals surface area (Å²) in [5.74, 6) is 0. The summed E-state index contributed by atoms with van der Waals surface area (Å²) in [6.45, 7) is 0. The number of thioether (sulfide) groups is 1. The number of amides is 2. The minimum Gasteiger partial charge on any atom is -0.307 e. The molecule has 29 heavy (non-hydrogen) atoms. The van der Waals surface area contributed by atoms with E-state index in [-0.39, 0.29) is 0 Å². The van der Waals surface area contributed by atoms with Crippen LogP contribution in [0, 0.1) is 4.78 Å². The highest BCUT2D eigenvalue weighted by molar-refractivity contribution is 8.16. The van der Waals surface area contributed by atoms with E-state index in [4.69, 9.17) is 4.78 Å². The Morgan fingerprint density at radius 2 is 1.76 bits per heavy atom. The van der Waals surface area contributed by atoms with Crippen LogP contribution in [0.4, 0.5) is 10.5 Å². The lowest BCUT2D eigenvalue weighted by atomic mass is 9.99. The van der Waals surface area contributed by atoms with Gasteiger partial charge in [0.05, 0.1) is 0 Å². The van der Waals surface area contributed by atoms with E-state index in [2.05, 4.69) is 20.5 Å². The standard InChI is InChI=1S/C19H26N4O3S3/c1-28(2,25)22-16-9-10-17(27-16)29(20,26)23-19(24)21-18-14-7-3-5-12(14)11-13-6-4-8-15(13)18/h9,11,17H,3-8,10H2,1-2H3,(H3,20,21,23,24,26). The summed E-state index contributed by atoms with van der Waals surface area (Å²) < 4.78 is 38.8. The molecule has 1 heterocycles. The zero-order valence-corrected chi connectivity index (χ0v) is 19.0. The van der Waals surface area contributed by atoms with E-state index in [1.807, 2.05) is 0 Å². The van der Waals surface area contributed by atoms with Gasteiger partial charge in [0.15, 0.2) is 0 Å². The van der Waals surface area contributed by atoms with Crippen molar-refractivity contribution < 1.29 is 13.2 Å². The van der Waals surface area contributed by atoms with Crippen molar-refractivity contribution in [2.45, 2.75) is 49.5 Å². The Morgan fingerprint density at radius 1 is 1.14 bits per heavy atom. The number of carbonyl (C=O) groups excluding carboxylic acids is 1. The van der Waals surface area contributed by atoms with Crippen molar-refractivity contribution in [1.29, 1.82) is 4.78 Å². The molecule has 0 spiro atoms. The van der Waals surface area contributed by atoms with Gasteiger partial charge in [-0.1, -0.05) is 17.8 Å². The van der Waals surface area contributed by atoms with Crippen LogP contribution in [0.15, 0.2) is 21.5 Å². The Kier molecular flexibility index (Phi) is 5.45. The molecule has 2 atom stereocenters. The van der Waals surface area contributed by atoms with Crippen LogP contribution in [-0.2, 0) is 45.3 Å². The smallest absolute Gasteiger partial charge is 0.307 e. The van der Waals surface area contributed by atoms with Crippen molar-refractivity contribution in [2.24, 2.45) is 4.36 Å². The van der Waals surface area contributed by atoms with Crippen molar-refractivity contribution in [3.8, 4) is 0 Å². The van der Waals surface area contributed by atoms with Crippen molar-refractivity contribution in [2.75, 3.05) is 17.8 Å². The van der Waals surface area contributed by atoms with Crippen molar-refractivity contribution in [3.05, 3.63) is 39.4 Å². The summed E-state index contributed by atoms with van der Waals surface area (Å²) in [5.41, 5.74) is 5.85. The maximum absolute atomic E-state index is 12.9. The number of anilines is 1. The minimum atomic E-state index is -3.40. The van der Waals surface area contributed by atoms with E-state index >= 15 is 0 Å². The van der Waals surface area contributed by atoms with Gasteiger partial charge in [-0.2, -0.15) is 4.36 Å². The molecule has 2 aliphatic carbocycles. The molecule has 3 N–H and O–H groups in total. The van der Waals surface area contributed by atoms with Crippen molar-refractivity contribution in [1.82, 2.24) is 4.72 Å². The summed E-state index contributed by atoms with van der Waals surface area (Å²) in [6.07, 6.45) is 11.2. The molecule has 7 nitrogen and oxygen atoms in total. The van der Waals surface area contributed by atoms with Crippen LogP contribution in [0.25, 0.3) is 0 Å². The number of nitrogens with one attached hydrogen (secondary N) is 3. The van der Waals surface area contributed by atoms with E-state index in [1.54, 1.807) is 6.08 Å². The van der Waals surface area contributed by atoms with Gasteiger partial charge >= 0.3 is 6.03 Å². The van der Waals surface area contributed by atoms with Crippen LogP contribution in [0.3, 0.4) is 0 Å². The summed E-state index contributed by atoms with van der Waals surface area (Å²) in [5, 5.41) is 3.45. The summed E-state index contributed by atoms with van der Waals surface area (Å²) in [7, 11) is -5.72. The topological polar surface area (TPSA) is 111 Å². The molecule has 4 rings (SSSR count). The molecule has 0 radical (unpaired) electrons. The van der Waals surface area contributed by atoms with E-state index in [0.29, 0.717) is 11.4 Å². The van der Waals surface area contributed by atoms with Gasteiger partial charge in [0.1, 0.15) is 19.5 Å². The zero-order chi connectivity index (χ0) is 20.8. The monoisotopic (exact) mass is 454 g/mol. The summed E-state index contributed by atoms with van der Waals surface area (Å²) in [6, 6.07) is 1.69. The molecule has 3 aliphatic rings. The number of hydrogen-bond acceptors (Lipinski definition) is 6. The van der Waals surface area contributed by atoms with Crippen LogP contribution in [0.5, 0.6) is 0 Å². The largest absolute Gasteiger partial charge is 0.331 e. The zero-order valence-electron chi connectivity index (χ0n) is 16.6. The Labute approximate surface area is 176 Å². The quantitative estimate of drug-likeness (QED) is 0.643. The number of rotatable bonds is 4. The first-order valence-electron chi connectivity index (χ1n) is 9.69. The number of fused-ring (bicyclic) bond motifs is 2. The molecular formula is C19H26N4O3S3. The second kappa shape index (κ2) is 7.63. The summed E-state index contributed by atoms with van der Waals surface area (Å²) >= 11 is 1.14. The first kappa shape index (κ1) is 20.7. The Morgan fingerprint density at radius 3 is 2.34 bits per heavy atom. The van der Waals surface area contributed by atoms with Gasteiger partial charge in [0.25, 0.3) is 0 Å². The van der Waals surface area contributed by atoms with Crippen LogP contribution in [-0.4, -0.2) is 31.5 Å². The number of urea groups is 1. The first-order chi connectivity index (χ1) is 13.6. The molecule has 0 bridgehead atoms. The van der Waals surface area contributed by atoms with Crippen molar-refractivity contribution in [3.63, 3.8) is 0 Å². The highest BCUT2D eigenvalue weighted by Crippen LogP contribution is 2.39. The van der Waals surface area contributed by atoms with E-state index in [9.17, 15) is 13.2 Å². The lowest BCUT2D eigenvalue weighted by Crippen LogP contribution is -2.38. The molecule has 0 saturated heterocycles. The average Bonchev–Trinajstić information content (AvgIpc) is 3.31. The molecule has 1 aromatic rings.